The molecule has 1 aliphatic carbocycles. The molecule has 28 heavy (non-hydrogen) atoms. The molecule has 0 aromatic carbocycles. The summed E-state index contributed by atoms with van der Waals surface area (Å²) in [6.07, 6.45) is 1.17. The number of methoxy groups -OCH3 is 2. The molecule has 160 valence electrons. The minimum Gasteiger partial charge on any atom is -0.464 e. The molecule has 2 aliphatic rings. The summed E-state index contributed by atoms with van der Waals surface area (Å²) in [7, 11) is 2.93. The Hall–Kier alpha value is -1.94. The highest BCUT2D eigenvalue weighted by molar-refractivity contribution is 5.94. The Morgan fingerprint density at radius 2 is 1.75 bits per heavy atom. The molecule has 0 aromatic heterocycles. The van der Waals surface area contributed by atoms with Gasteiger partial charge in [0.15, 0.2) is 5.54 Å². The van der Waals surface area contributed by atoms with Gasteiger partial charge in [-0.1, -0.05) is 13.8 Å². The molecule has 10 heteroatoms. The molecule has 1 saturated heterocycles. The highest BCUT2D eigenvalue weighted by Crippen LogP contribution is 2.54. The van der Waals surface area contributed by atoms with Crippen molar-refractivity contribution < 1.29 is 28.7 Å². The summed E-state index contributed by atoms with van der Waals surface area (Å²) in [6.45, 7) is 5.51. The van der Waals surface area contributed by atoms with E-state index in [1.807, 2.05) is 13.8 Å². The van der Waals surface area contributed by atoms with Crippen LogP contribution in [0, 0.1) is 16.0 Å². The maximum absolute atomic E-state index is 13.4. The van der Waals surface area contributed by atoms with E-state index in [4.69, 9.17) is 14.2 Å². The zero-order valence-electron chi connectivity index (χ0n) is 17.3. The third-order valence-corrected chi connectivity index (χ3v) is 6.13. The van der Waals surface area contributed by atoms with Gasteiger partial charge in [-0.25, -0.2) is 9.59 Å². The van der Waals surface area contributed by atoms with Crippen molar-refractivity contribution in [3.63, 3.8) is 0 Å². The van der Waals surface area contributed by atoms with Gasteiger partial charge < -0.3 is 14.2 Å². The Labute approximate surface area is 165 Å². The van der Waals surface area contributed by atoms with Crippen LogP contribution in [0.5, 0.6) is 0 Å². The third kappa shape index (κ3) is 3.12. The second-order valence-corrected chi connectivity index (χ2v) is 7.66. The molecule has 0 unspecified atom stereocenters. The van der Waals surface area contributed by atoms with Crippen molar-refractivity contribution in [1.29, 1.82) is 0 Å². The van der Waals surface area contributed by atoms with E-state index >= 15 is 0 Å². The van der Waals surface area contributed by atoms with Gasteiger partial charge in [0, 0.05) is 32.0 Å². The van der Waals surface area contributed by atoms with E-state index in [0.29, 0.717) is 12.8 Å². The molecule has 1 spiro atoms. The van der Waals surface area contributed by atoms with Crippen molar-refractivity contribution in [2.24, 2.45) is 5.92 Å². The van der Waals surface area contributed by atoms with E-state index in [9.17, 15) is 19.7 Å². The number of nitrogens with zero attached hydrogens (tertiary/aromatic N) is 3. The second kappa shape index (κ2) is 8.60. The normalized spacial score (nSPS) is 30.4. The standard InChI is InChI=1S/C18H31N3O7/c1-6-28-15(22)18(13(2)3)17(9-7-14(8-10-17)21(24)25)19(11-26-4)16(23)20(18)12-27-5/h13-14H,6-12H2,1-5H3/t14?,17?,18-/m1/s1. The van der Waals surface area contributed by atoms with E-state index < -0.39 is 23.1 Å². The molecule has 2 amide bonds. The lowest BCUT2D eigenvalue weighted by Gasteiger charge is -2.52. The van der Waals surface area contributed by atoms with Gasteiger partial charge in [-0.2, -0.15) is 0 Å². The number of rotatable bonds is 8. The first kappa shape index (κ1) is 22.4. The van der Waals surface area contributed by atoms with Gasteiger partial charge in [0.05, 0.1) is 12.1 Å². The summed E-state index contributed by atoms with van der Waals surface area (Å²) >= 11 is 0. The number of ether oxygens (including phenoxy) is 3. The number of amides is 2. The SMILES string of the molecule is CCOC(=O)[C@@]1(C(C)C)N(COC)C(=O)N(COC)C12CCC([N+](=O)[O-])CC2. The first-order valence-corrected chi connectivity index (χ1v) is 9.62. The fourth-order valence-electron chi connectivity index (χ4n) is 5.10. The minimum absolute atomic E-state index is 0.0178. The Kier molecular flexibility index (Phi) is 6.87. The Bertz CT molecular complexity index is 604. The maximum Gasteiger partial charge on any atom is 0.334 e. The first-order chi connectivity index (χ1) is 13.2. The first-order valence-electron chi connectivity index (χ1n) is 9.62. The van der Waals surface area contributed by atoms with Gasteiger partial charge in [-0.05, 0) is 25.7 Å². The molecule has 10 nitrogen and oxygen atoms in total. The molecule has 2 rings (SSSR count). The molecule has 0 radical (unpaired) electrons. The van der Waals surface area contributed by atoms with Crippen LogP contribution < -0.4 is 0 Å². The predicted octanol–water partition coefficient (Wildman–Crippen LogP) is 1.85. The van der Waals surface area contributed by atoms with Crippen LogP contribution in [0.15, 0.2) is 0 Å². The van der Waals surface area contributed by atoms with Crippen LogP contribution in [0.25, 0.3) is 0 Å². The van der Waals surface area contributed by atoms with Crippen molar-refractivity contribution in [3.05, 3.63) is 10.1 Å². The number of hydrogen-bond donors (Lipinski definition) is 0. The van der Waals surface area contributed by atoms with Gasteiger partial charge in [-0.15, -0.1) is 0 Å². The summed E-state index contributed by atoms with van der Waals surface area (Å²) in [5, 5.41) is 11.3. The number of nitro groups is 1. The smallest absolute Gasteiger partial charge is 0.334 e. The van der Waals surface area contributed by atoms with Crippen LogP contribution in [0.4, 0.5) is 4.79 Å². The highest BCUT2D eigenvalue weighted by Gasteiger charge is 2.73. The zero-order chi connectivity index (χ0) is 21.1. The number of carbonyl (C=O) groups excluding carboxylic acids is 2. The third-order valence-electron chi connectivity index (χ3n) is 6.13. The maximum atomic E-state index is 13.4. The number of urea groups is 1. The number of esters is 1. The Balaban J connectivity index is 2.66. The summed E-state index contributed by atoms with van der Waals surface area (Å²) in [5.41, 5.74) is -2.29. The van der Waals surface area contributed by atoms with Crippen LogP contribution in [0.2, 0.25) is 0 Å². The van der Waals surface area contributed by atoms with E-state index in [-0.39, 0.29) is 49.8 Å². The lowest BCUT2D eigenvalue weighted by Crippen LogP contribution is -2.70. The van der Waals surface area contributed by atoms with Crippen molar-refractivity contribution in [2.75, 3.05) is 34.3 Å². The fourth-order valence-corrected chi connectivity index (χ4v) is 5.10. The second-order valence-electron chi connectivity index (χ2n) is 7.66. The zero-order valence-corrected chi connectivity index (χ0v) is 17.3. The van der Waals surface area contributed by atoms with E-state index in [1.54, 1.807) is 11.8 Å². The molecule has 0 N–H and O–H groups in total. The van der Waals surface area contributed by atoms with Crippen LogP contribution >= 0.6 is 0 Å². The molecule has 2 fully saturated rings. The molecular formula is C18H31N3O7. The average Bonchev–Trinajstić information content (AvgIpc) is 2.83. The summed E-state index contributed by atoms with van der Waals surface area (Å²) in [6, 6.07) is -1.07. The monoisotopic (exact) mass is 401 g/mol. The summed E-state index contributed by atoms with van der Waals surface area (Å²) in [4.78, 5) is 40.7. The molecule has 1 heterocycles. The summed E-state index contributed by atoms with van der Waals surface area (Å²) in [5.74, 6) is -0.812. The Morgan fingerprint density at radius 1 is 1.21 bits per heavy atom. The van der Waals surface area contributed by atoms with E-state index in [1.165, 1.54) is 19.1 Å². The quantitative estimate of drug-likeness (QED) is 0.347. The Morgan fingerprint density at radius 3 is 2.18 bits per heavy atom. The van der Waals surface area contributed by atoms with E-state index in [0.717, 1.165) is 0 Å². The molecule has 1 aliphatic heterocycles. The van der Waals surface area contributed by atoms with Gasteiger partial charge in [0.1, 0.15) is 13.5 Å². The topological polar surface area (TPSA) is 111 Å². The van der Waals surface area contributed by atoms with Crippen LogP contribution in [-0.2, 0) is 19.0 Å². The highest BCUT2D eigenvalue weighted by atomic mass is 16.6. The van der Waals surface area contributed by atoms with Crippen LogP contribution in [0.3, 0.4) is 0 Å². The molecular weight excluding hydrogens is 370 g/mol. The average molecular weight is 401 g/mol. The van der Waals surface area contributed by atoms with Gasteiger partial charge in [0.2, 0.25) is 6.04 Å². The predicted molar refractivity (Wildman–Crippen MR) is 99.0 cm³/mol. The van der Waals surface area contributed by atoms with Crippen LogP contribution in [0.1, 0.15) is 46.5 Å². The van der Waals surface area contributed by atoms with Crippen molar-refractivity contribution >= 4 is 12.0 Å². The molecule has 0 bridgehead atoms. The van der Waals surface area contributed by atoms with Crippen molar-refractivity contribution in [2.45, 2.75) is 63.6 Å². The molecule has 1 atom stereocenters. The van der Waals surface area contributed by atoms with Crippen molar-refractivity contribution in [3.8, 4) is 0 Å². The van der Waals surface area contributed by atoms with Crippen molar-refractivity contribution in [1.82, 2.24) is 9.80 Å². The van der Waals surface area contributed by atoms with Gasteiger partial charge in [0.25, 0.3) is 0 Å². The van der Waals surface area contributed by atoms with Crippen LogP contribution in [-0.4, -0.2) is 78.1 Å². The molecule has 1 saturated carbocycles. The lowest BCUT2D eigenvalue weighted by atomic mass is 9.62. The molecule has 0 aromatic rings. The number of hydrogen-bond acceptors (Lipinski definition) is 7. The van der Waals surface area contributed by atoms with Gasteiger partial charge in [-0.3, -0.25) is 19.9 Å². The largest absolute Gasteiger partial charge is 0.464 e. The summed E-state index contributed by atoms with van der Waals surface area (Å²) < 4.78 is 16.0. The number of carbonyl (C=O) groups is 2. The minimum atomic E-state index is -1.32. The fraction of sp³-hybridized carbons (Fsp3) is 0.889. The lowest BCUT2D eigenvalue weighted by molar-refractivity contribution is -0.527. The van der Waals surface area contributed by atoms with E-state index in [2.05, 4.69) is 0 Å². The van der Waals surface area contributed by atoms with Gasteiger partial charge >= 0.3 is 12.0 Å².